The number of hydrogen-bond donors (Lipinski definition) is 4. The molecule has 1 amide bonds. The summed E-state index contributed by atoms with van der Waals surface area (Å²) in [6, 6.07) is -0.950. The summed E-state index contributed by atoms with van der Waals surface area (Å²) in [6.07, 6.45) is 5.56. The molecule has 2 rings (SSSR count). The number of aliphatic carboxylic acids is 1. The second kappa shape index (κ2) is 6.04. The molecule has 0 spiro atoms. The number of aromatic amines is 1. The zero-order valence-electron chi connectivity index (χ0n) is 11.5. The molecule has 2 heterocycles. The van der Waals surface area contributed by atoms with Crippen LogP contribution < -0.4 is 10.6 Å². The second-order valence-electron chi connectivity index (χ2n) is 5.11. The van der Waals surface area contributed by atoms with Gasteiger partial charge in [-0.15, -0.1) is 0 Å². The minimum absolute atomic E-state index is 0.195. The molecule has 0 aromatic carbocycles. The molecular weight excluding hydrogens is 260 g/mol. The Labute approximate surface area is 117 Å². The van der Waals surface area contributed by atoms with E-state index in [0.717, 1.165) is 19.4 Å². The first-order valence-electron chi connectivity index (χ1n) is 6.83. The summed E-state index contributed by atoms with van der Waals surface area (Å²) < 4.78 is 0. The van der Waals surface area contributed by atoms with Crippen molar-refractivity contribution in [3.05, 3.63) is 18.2 Å². The summed E-state index contributed by atoms with van der Waals surface area (Å²) >= 11 is 0. The third-order valence-corrected chi connectivity index (χ3v) is 3.86. The maximum atomic E-state index is 12.4. The third-order valence-electron chi connectivity index (χ3n) is 3.86. The van der Waals surface area contributed by atoms with Gasteiger partial charge in [0.2, 0.25) is 5.91 Å². The highest BCUT2D eigenvalue weighted by atomic mass is 16.4. The number of H-pyrrole nitrogens is 1. The molecule has 1 aliphatic heterocycles. The van der Waals surface area contributed by atoms with Crippen LogP contribution in [-0.2, 0) is 16.0 Å². The topological polar surface area (TPSA) is 107 Å². The Kier molecular flexibility index (Phi) is 4.39. The van der Waals surface area contributed by atoms with E-state index in [1.54, 1.807) is 6.20 Å². The lowest BCUT2D eigenvalue weighted by Gasteiger charge is -2.28. The number of hydrogen-bond acceptors (Lipinski definition) is 4. The molecule has 0 bridgehead atoms. The van der Waals surface area contributed by atoms with Crippen LogP contribution in [0.4, 0.5) is 0 Å². The number of carbonyl (C=O) groups excluding carboxylic acids is 1. The minimum Gasteiger partial charge on any atom is -0.480 e. The number of nitrogens with one attached hydrogen (secondary N) is 3. The predicted octanol–water partition coefficient (Wildman–Crippen LogP) is 0.0538. The van der Waals surface area contributed by atoms with Crippen molar-refractivity contribution >= 4 is 11.9 Å². The van der Waals surface area contributed by atoms with E-state index < -0.39 is 17.6 Å². The van der Waals surface area contributed by atoms with Crippen LogP contribution in [0.1, 0.15) is 31.9 Å². The Balaban J connectivity index is 2.04. The molecule has 0 aliphatic carbocycles. The van der Waals surface area contributed by atoms with Gasteiger partial charge >= 0.3 is 5.97 Å². The van der Waals surface area contributed by atoms with E-state index in [-0.39, 0.29) is 12.3 Å². The number of carboxylic acid groups (broad SMARTS) is 1. The summed E-state index contributed by atoms with van der Waals surface area (Å²) in [4.78, 5) is 30.4. The summed E-state index contributed by atoms with van der Waals surface area (Å²) in [5.74, 6) is -1.28. The van der Waals surface area contributed by atoms with Gasteiger partial charge in [0, 0.05) is 18.3 Å². The molecule has 0 radical (unpaired) electrons. The van der Waals surface area contributed by atoms with Gasteiger partial charge in [0.15, 0.2) is 0 Å². The summed E-state index contributed by atoms with van der Waals surface area (Å²) in [5, 5.41) is 15.1. The van der Waals surface area contributed by atoms with Crippen molar-refractivity contribution in [2.45, 2.75) is 44.2 Å². The fraction of sp³-hybridized carbons (Fsp3) is 0.615. The average Bonchev–Trinajstić information content (AvgIpc) is 3.09. The molecule has 7 nitrogen and oxygen atoms in total. The van der Waals surface area contributed by atoms with Crippen molar-refractivity contribution in [3.63, 3.8) is 0 Å². The van der Waals surface area contributed by atoms with Crippen LogP contribution in [0.5, 0.6) is 0 Å². The van der Waals surface area contributed by atoms with E-state index in [4.69, 9.17) is 0 Å². The van der Waals surface area contributed by atoms with E-state index in [1.807, 2.05) is 6.92 Å². The van der Waals surface area contributed by atoms with Crippen LogP contribution in [0.3, 0.4) is 0 Å². The Hall–Kier alpha value is -1.89. The summed E-state index contributed by atoms with van der Waals surface area (Å²) in [7, 11) is 0. The molecule has 110 valence electrons. The van der Waals surface area contributed by atoms with Crippen molar-refractivity contribution in [3.8, 4) is 0 Å². The maximum Gasteiger partial charge on any atom is 0.326 e. The SMILES string of the molecule is CCC1(C(=O)NC(Cc2cnc[nH]2)C(=O)O)CCCN1. The first-order valence-corrected chi connectivity index (χ1v) is 6.83. The molecule has 4 N–H and O–H groups in total. The molecule has 1 saturated heterocycles. The van der Waals surface area contributed by atoms with Crippen molar-refractivity contribution in [2.75, 3.05) is 6.54 Å². The third kappa shape index (κ3) is 2.98. The minimum atomic E-state index is -1.04. The molecular formula is C13H20N4O3. The highest BCUT2D eigenvalue weighted by Gasteiger charge is 2.40. The van der Waals surface area contributed by atoms with Gasteiger partial charge < -0.3 is 20.7 Å². The highest BCUT2D eigenvalue weighted by Crippen LogP contribution is 2.23. The number of carboxylic acids is 1. The van der Waals surface area contributed by atoms with E-state index >= 15 is 0 Å². The second-order valence-corrected chi connectivity index (χ2v) is 5.11. The van der Waals surface area contributed by atoms with E-state index in [2.05, 4.69) is 20.6 Å². The van der Waals surface area contributed by atoms with Crippen molar-refractivity contribution in [2.24, 2.45) is 0 Å². The maximum absolute atomic E-state index is 12.4. The van der Waals surface area contributed by atoms with Crippen LogP contribution in [0.15, 0.2) is 12.5 Å². The Morgan fingerprint density at radius 1 is 1.60 bits per heavy atom. The number of nitrogens with zero attached hydrogens (tertiary/aromatic N) is 1. The molecule has 0 saturated carbocycles. The van der Waals surface area contributed by atoms with Crippen molar-refractivity contribution in [1.82, 2.24) is 20.6 Å². The van der Waals surface area contributed by atoms with Gasteiger partial charge in [-0.05, 0) is 25.8 Å². The Morgan fingerprint density at radius 2 is 2.40 bits per heavy atom. The van der Waals surface area contributed by atoms with Crippen molar-refractivity contribution < 1.29 is 14.7 Å². The number of amides is 1. The fourth-order valence-corrected chi connectivity index (χ4v) is 2.58. The molecule has 2 unspecified atom stereocenters. The molecule has 1 aromatic rings. The Morgan fingerprint density at radius 3 is 2.90 bits per heavy atom. The first-order chi connectivity index (χ1) is 9.57. The zero-order chi connectivity index (χ0) is 14.6. The number of carbonyl (C=O) groups is 2. The van der Waals surface area contributed by atoms with Crippen LogP contribution in [0.25, 0.3) is 0 Å². The van der Waals surface area contributed by atoms with E-state index in [0.29, 0.717) is 12.1 Å². The average molecular weight is 280 g/mol. The number of rotatable bonds is 6. The Bertz CT molecular complexity index is 466. The molecule has 1 fully saturated rings. The first kappa shape index (κ1) is 14.5. The molecule has 20 heavy (non-hydrogen) atoms. The van der Waals surface area contributed by atoms with Gasteiger partial charge in [0.05, 0.1) is 11.9 Å². The zero-order valence-corrected chi connectivity index (χ0v) is 11.5. The van der Waals surface area contributed by atoms with Gasteiger partial charge in [-0.1, -0.05) is 6.92 Å². The molecule has 1 aromatic heterocycles. The van der Waals surface area contributed by atoms with E-state index in [9.17, 15) is 14.7 Å². The van der Waals surface area contributed by atoms with Crippen LogP contribution in [0, 0.1) is 0 Å². The van der Waals surface area contributed by atoms with Gasteiger partial charge in [-0.2, -0.15) is 0 Å². The fourth-order valence-electron chi connectivity index (χ4n) is 2.58. The quantitative estimate of drug-likeness (QED) is 0.589. The van der Waals surface area contributed by atoms with Crippen LogP contribution >= 0.6 is 0 Å². The van der Waals surface area contributed by atoms with Crippen molar-refractivity contribution in [1.29, 1.82) is 0 Å². The summed E-state index contributed by atoms with van der Waals surface area (Å²) in [6.45, 7) is 2.72. The largest absolute Gasteiger partial charge is 0.480 e. The van der Waals surface area contributed by atoms with Crippen LogP contribution in [0.2, 0.25) is 0 Å². The number of aromatic nitrogens is 2. The standard InChI is InChI=1S/C13H20N4O3/c1-2-13(4-3-5-16-13)12(20)17-10(11(18)19)6-9-7-14-8-15-9/h7-8,10,16H,2-6H2,1H3,(H,14,15)(H,17,20)(H,18,19). The summed E-state index contributed by atoms with van der Waals surface area (Å²) in [5.41, 5.74) is 0.0597. The van der Waals surface area contributed by atoms with Gasteiger partial charge in [-0.3, -0.25) is 4.79 Å². The molecule has 1 aliphatic rings. The lowest BCUT2D eigenvalue weighted by Crippen LogP contribution is -2.57. The normalized spacial score (nSPS) is 23.4. The van der Waals surface area contributed by atoms with Crippen LogP contribution in [-0.4, -0.2) is 45.1 Å². The predicted molar refractivity (Wildman–Crippen MR) is 72.1 cm³/mol. The monoisotopic (exact) mass is 280 g/mol. The number of imidazole rings is 1. The highest BCUT2D eigenvalue weighted by molar-refractivity contribution is 5.90. The van der Waals surface area contributed by atoms with Gasteiger partial charge in [-0.25, -0.2) is 9.78 Å². The molecule has 7 heteroatoms. The van der Waals surface area contributed by atoms with E-state index in [1.165, 1.54) is 6.33 Å². The lowest BCUT2D eigenvalue weighted by atomic mass is 9.92. The molecule has 2 atom stereocenters. The van der Waals surface area contributed by atoms with Gasteiger partial charge in [0.25, 0.3) is 0 Å². The lowest BCUT2D eigenvalue weighted by molar-refractivity contribution is -0.142. The van der Waals surface area contributed by atoms with Gasteiger partial charge in [0.1, 0.15) is 6.04 Å². The smallest absolute Gasteiger partial charge is 0.326 e.